The van der Waals surface area contributed by atoms with Crippen molar-refractivity contribution in [2.45, 2.75) is 85.2 Å². The molecule has 144 valence electrons. The zero-order valence-electron chi connectivity index (χ0n) is 17.3. The highest BCUT2D eigenvalue weighted by Gasteiger charge is 2.44. The van der Waals surface area contributed by atoms with Crippen molar-refractivity contribution in [2.75, 3.05) is 6.54 Å². The minimum Gasteiger partial charge on any atom is -0.313 e. The average Bonchev–Trinajstić information content (AvgIpc) is 2.84. The quantitative estimate of drug-likeness (QED) is 0.564. The first-order chi connectivity index (χ1) is 12.3. The van der Waals surface area contributed by atoms with Gasteiger partial charge in [0.05, 0.1) is 0 Å². The van der Waals surface area contributed by atoms with Gasteiger partial charge in [-0.15, -0.1) is 0 Å². The fourth-order valence-corrected chi connectivity index (χ4v) is 4.02. The van der Waals surface area contributed by atoms with Crippen LogP contribution in [-0.4, -0.2) is 28.7 Å². The molecular weight excluding hydrogens is 320 g/mol. The molecule has 0 saturated carbocycles. The number of aliphatic imine (C=N–C) groups is 1. The van der Waals surface area contributed by atoms with Gasteiger partial charge >= 0.3 is 0 Å². The molecule has 26 heavy (non-hydrogen) atoms. The zero-order chi connectivity index (χ0) is 19.2. The molecule has 0 N–H and O–H groups in total. The Labute approximate surface area is 159 Å². The van der Waals surface area contributed by atoms with E-state index in [9.17, 15) is 4.79 Å². The summed E-state index contributed by atoms with van der Waals surface area (Å²) in [6.45, 7) is 11.9. The minimum absolute atomic E-state index is 0.160. The molecule has 0 bridgehead atoms. The van der Waals surface area contributed by atoms with Crippen LogP contribution in [0.4, 0.5) is 0 Å². The minimum atomic E-state index is -0.308. The molecule has 1 aliphatic rings. The highest BCUT2D eigenvalue weighted by molar-refractivity contribution is 6.40. The molecule has 1 aliphatic heterocycles. The number of nitrogens with zero attached hydrogens (tertiary/aromatic N) is 2. The summed E-state index contributed by atoms with van der Waals surface area (Å²) in [4.78, 5) is 20.1. The molecular formula is C23H36N2O. The van der Waals surface area contributed by atoms with E-state index in [0.717, 1.165) is 50.8 Å². The van der Waals surface area contributed by atoms with Crippen LogP contribution in [0.1, 0.15) is 78.7 Å². The van der Waals surface area contributed by atoms with Gasteiger partial charge in [-0.25, -0.2) is 0 Å². The molecule has 1 aromatic rings. The van der Waals surface area contributed by atoms with E-state index >= 15 is 0 Å². The van der Waals surface area contributed by atoms with Crippen LogP contribution in [0.15, 0.2) is 35.3 Å². The average molecular weight is 357 g/mol. The molecule has 0 fully saturated rings. The van der Waals surface area contributed by atoms with Crippen LogP contribution >= 0.6 is 0 Å². The standard InChI is InChI=1S/C23H36N2O/c1-6-16-23(18-11-17-22(3,4)5)24-20(21(26)25(23)7-2)15-14-19-12-9-8-10-13-19/h8-10,12-13H,6-7,11,14-18H2,1-5H3. The second kappa shape index (κ2) is 8.83. The van der Waals surface area contributed by atoms with Gasteiger partial charge in [0.15, 0.2) is 0 Å². The Bertz CT molecular complexity index is 615. The van der Waals surface area contributed by atoms with Crippen LogP contribution in [0.3, 0.4) is 0 Å². The summed E-state index contributed by atoms with van der Waals surface area (Å²) >= 11 is 0. The van der Waals surface area contributed by atoms with Crippen molar-refractivity contribution in [3.63, 3.8) is 0 Å². The van der Waals surface area contributed by atoms with Gasteiger partial charge in [0.1, 0.15) is 11.4 Å². The molecule has 1 heterocycles. The van der Waals surface area contributed by atoms with Crippen LogP contribution in [-0.2, 0) is 11.2 Å². The van der Waals surface area contributed by atoms with Gasteiger partial charge in [-0.2, -0.15) is 0 Å². The van der Waals surface area contributed by atoms with E-state index in [0.29, 0.717) is 5.41 Å². The van der Waals surface area contributed by atoms with Crippen LogP contribution in [0.2, 0.25) is 0 Å². The van der Waals surface area contributed by atoms with Crippen molar-refractivity contribution in [2.24, 2.45) is 10.4 Å². The third kappa shape index (κ3) is 5.18. The van der Waals surface area contributed by atoms with E-state index in [1.165, 1.54) is 12.0 Å². The Balaban J connectivity index is 2.15. The Morgan fingerprint density at radius 2 is 1.73 bits per heavy atom. The predicted molar refractivity (Wildman–Crippen MR) is 111 cm³/mol. The lowest BCUT2D eigenvalue weighted by Crippen LogP contribution is -2.46. The Morgan fingerprint density at radius 1 is 1.04 bits per heavy atom. The number of amides is 1. The molecule has 3 nitrogen and oxygen atoms in total. The van der Waals surface area contributed by atoms with E-state index in [2.05, 4.69) is 58.9 Å². The number of carbonyl (C=O) groups is 1. The van der Waals surface area contributed by atoms with Gasteiger partial charge in [-0.05, 0) is 56.4 Å². The summed E-state index contributed by atoms with van der Waals surface area (Å²) in [6, 6.07) is 10.4. The number of aryl methyl sites for hydroxylation is 1. The molecule has 1 atom stereocenters. The van der Waals surface area contributed by atoms with Crippen LogP contribution in [0.5, 0.6) is 0 Å². The molecule has 1 aromatic carbocycles. The third-order valence-electron chi connectivity index (χ3n) is 5.30. The molecule has 0 saturated heterocycles. The number of benzene rings is 1. The van der Waals surface area contributed by atoms with Gasteiger partial charge < -0.3 is 4.90 Å². The lowest BCUT2D eigenvalue weighted by molar-refractivity contribution is -0.128. The lowest BCUT2D eigenvalue weighted by atomic mass is 9.86. The highest BCUT2D eigenvalue weighted by atomic mass is 16.2. The maximum atomic E-state index is 13.0. The number of hydrogen-bond donors (Lipinski definition) is 0. The summed E-state index contributed by atoms with van der Waals surface area (Å²) < 4.78 is 0. The van der Waals surface area contributed by atoms with E-state index in [1.54, 1.807) is 0 Å². The van der Waals surface area contributed by atoms with E-state index in [4.69, 9.17) is 4.99 Å². The lowest BCUT2D eigenvalue weighted by Gasteiger charge is -2.36. The monoisotopic (exact) mass is 356 g/mol. The number of rotatable bonds is 9. The number of hydrogen-bond acceptors (Lipinski definition) is 2. The first kappa shape index (κ1) is 20.7. The van der Waals surface area contributed by atoms with Gasteiger partial charge in [-0.3, -0.25) is 9.79 Å². The van der Waals surface area contributed by atoms with Crippen LogP contribution < -0.4 is 0 Å². The van der Waals surface area contributed by atoms with E-state index < -0.39 is 0 Å². The highest BCUT2D eigenvalue weighted by Crippen LogP contribution is 2.36. The summed E-state index contributed by atoms with van der Waals surface area (Å²) in [6.07, 6.45) is 6.89. The van der Waals surface area contributed by atoms with Crippen molar-refractivity contribution in [3.8, 4) is 0 Å². The maximum Gasteiger partial charge on any atom is 0.269 e. The first-order valence-electron chi connectivity index (χ1n) is 10.3. The Kier molecular flexibility index (Phi) is 7.02. The van der Waals surface area contributed by atoms with E-state index in [-0.39, 0.29) is 11.6 Å². The fourth-order valence-electron chi connectivity index (χ4n) is 4.02. The van der Waals surface area contributed by atoms with Crippen molar-refractivity contribution in [1.29, 1.82) is 0 Å². The molecule has 0 aliphatic carbocycles. The second-order valence-corrected chi connectivity index (χ2v) is 8.74. The van der Waals surface area contributed by atoms with E-state index in [1.807, 2.05) is 11.0 Å². The summed E-state index contributed by atoms with van der Waals surface area (Å²) in [5.74, 6) is 0.160. The largest absolute Gasteiger partial charge is 0.313 e. The fraction of sp³-hybridized carbons (Fsp3) is 0.652. The summed E-state index contributed by atoms with van der Waals surface area (Å²) in [5.41, 5.74) is 2.07. The van der Waals surface area contributed by atoms with Gasteiger partial charge in [0.2, 0.25) is 0 Å². The first-order valence-corrected chi connectivity index (χ1v) is 10.3. The van der Waals surface area contributed by atoms with Crippen molar-refractivity contribution in [3.05, 3.63) is 35.9 Å². The van der Waals surface area contributed by atoms with Crippen molar-refractivity contribution >= 4 is 11.6 Å². The molecule has 0 spiro atoms. The van der Waals surface area contributed by atoms with Crippen LogP contribution in [0.25, 0.3) is 0 Å². The van der Waals surface area contributed by atoms with Gasteiger partial charge in [0.25, 0.3) is 5.91 Å². The summed E-state index contributed by atoms with van der Waals surface area (Å²) in [7, 11) is 0. The number of carbonyl (C=O) groups excluding carboxylic acids is 1. The predicted octanol–water partition coefficient (Wildman–Crippen LogP) is 5.64. The SMILES string of the molecule is CCCC1(CCCC(C)(C)C)N=C(CCc2ccccc2)C(=O)N1CC. The summed E-state index contributed by atoms with van der Waals surface area (Å²) in [5, 5.41) is 0. The van der Waals surface area contributed by atoms with Crippen molar-refractivity contribution < 1.29 is 4.79 Å². The topological polar surface area (TPSA) is 32.7 Å². The van der Waals surface area contributed by atoms with Gasteiger partial charge in [0, 0.05) is 6.54 Å². The van der Waals surface area contributed by atoms with Crippen LogP contribution in [0, 0.1) is 5.41 Å². The second-order valence-electron chi connectivity index (χ2n) is 8.74. The Hall–Kier alpha value is -1.64. The molecule has 0 aromatic heterocycles. The molecule has 0 radical (unpaired) electrons. The Morgan fingerprint density at radius 3 is 2.31 bits per heavy atom. The third-order valence-corrected chi connectivity index (χ3v) is 5.30. The van der Waals surface area contributed by atoms with Crippen molar-refractivity contribution in [1.82, 2.24) is 4.90 Å². The zero-order valence-corrected chi connectivity index (χ0v) is 17.3. The molecule has 1 unspecified atom stereocenters. The molecule has 3 heteroatoms. The molecule has 2 rings (SSSR count). The maximum absolute atomic E-state index is 13.0. The normalized spacial score (nSPS) is 20.6. The molecule has 1 amide bonds. The van der Waals surface area contributed by atoms with Gasteiger partial charge in [-0.1, -0.05) is 64.4 Å². The smallest absolute Gasteiger partial charge is 0.269 e.